The van der Waals surface area contributed by atoms with Crippen molar-refractivity contribution in [2.45, 2.75) is 6.18 Å². The number of halogens is 7. The summed E-state index contributed by atoms with van der Waals surface area (Å²) >= 11 is 0. The van der Waals surface area contributed by atoms with Crippen LogP contribution in [0.4, 0.5) is 30.7 Å². The molecule has 14 heavy (non-hydrogen) atoms. The van der Waals surface area contributed by atoms with E-state index in [4.69, 9.17) is 0 Å². The van der Waals surface area contributed by atoms with Crippen molar-refractivity contribution in [3.63, 3.8) is 0 Å². The van der Waals surface area contributed by atoms with Gasteiger partial charge >= 0.3 is 6.18 Å². The molecule has 0 aromatic heterocycles. The Morgan fingerprint density at radius 2 is 1.50 bits per heavy atom. The van der Waals surface area contributed by atoms with E-state index in [0.717, 1.165) is 0 Å². The van der Waals surface area contributed by atoms with E-state index in [9.17, 15) is 30.7 Å². The third-order valence-corrected chi connectivity index (χ3v) is 1.45. The van der Waals surface area contributed by atoms with Gasteiger partial charge in [0.05, 0.1) is 0 Å². The van der Waals surface area contributed by atoms with Gasteiger partial charge in [0.2, 0.25) is 0 Å². The quantitative estimate of drug-likeness (QED) is 0.587. The maximum Gasteiger partial charge on any atom is 0.420 e. The van der Waals surface area contributed by atoms with Gasteiger partial charge in [0.1, 0.15) is 5.57 Å². The molecule has 0 atom stereocenters. The van der Waals surface area contributed by atoms with E-state index in [1.807, 2.05) is 0 Å². The smallest absolute Gasteiger partial charge is 0.203 e. The van der Waals surface area contributed by atoms with E-state index in [0.29, 0.717) is 0 Å². The summed E-state index contributed by atoms with van der Waals surface area (Å²) in [6.45, 7) is 0. The fourth-order valence-electron chi connectivity index (χ4n) is 0.915. The molecule has 0 unspecified atom stereocenters. The van der Waals surface area contributed by atoms with Crippen molar-refractivity contribution in [3.8, 4) is 0 Å². The number of rotatable bonds is 1. The molecule has 0 saturated carbocycles. The summed E-state index contributed by atoms with van der Waals surface area (Å²) < 4.78 is 83.1. The van der Waals surface area contributed by atoms with Crippen molar-refractivity contribution in [1.82, 2.24) is 0 Å². The predicted octanol–water partition coefficient (Wildman–Crippen LogP) is 3.79. The first kappa shape index (κ1) is 10.8. The molecule has 1 aliphatic carbocycles. The fourth-order valence-corrected chi connectivity index (χ4v) is 0.915. The van der Waals surface area contributed by atoms with Crippen molar-refractivity contribution in [2.24, 2.45) is 0 Å². The Morgan fingerprint density at radius 3 is 1.86 bits per heavy atom. The standard InChI is InChI=1S/C7HF7/c8-3(9)1-2-4(7(12,13)14)6(11)5(2)10/h1H. The van der Waals surface area contributed by atoms with Gasteiger partial charge in [0.15, 0.2) is 11.7 Å². The summed E-state index contributed by atoms with van der Waals surface area (Å²) in [6.07, 6.45) is -8.05. The lowest BCUT2D eigenvalue weighted by Gasteiger charge is -2.20. The molecule has 1 aliphatic rings. The normalized spacial score (nSPS) is 17.1. The highest BCUT2D eigenvalue weighted by Gasteiger charge is 2.47. The molecule has 0 aromatic carbocycles. The minimum Gasteiger partial charge on any atom is -0.203 e. The number of alkyl halides is 3. The van der Waals surface area contributed by atoms with Gasteiger partial charge in [-0.05, 0) is 0 Å². The molecule has 0 N–H and O–H groups in total. The average molecular weight is 218 g/mol. The first-order chi connectivity index (χ1) is 6.25. The number of hydrogen-bond donors (Lipinski definition) is 0. The Labute approximate surface area is 73.0 Å². The van der Waals surface area contributed by atoms with Crippen molar-refractivity contribution in [3.05, 3.63) is 35.0 Å². The molecule has 1 rings (SSSR count). The Morgan fingerprint density at radius 1 is 1.00 bits per heavy atom. The van der Waals surface area contributed by atoms with Crippen molar-refractivity contribution >= 4 is 0 Å². The van der Waals surface area contributed by atoms with Gasteiger partial charge in [-0.15, -0.1) is 0 Å². The summed E-state index contributed by atoms with van der Waals surface area (Å²) in [5.74, 6) is -4.03. The molecule has 0 bridgehead atoms. The zero-order valence-electron chi connectivity index (χ0n) is 6.22. The molecular weight excluding hydrogens is 217 g/mol. The average Bonchev–Trinajstić information content (AvgIpc) is 1.99. The van der Waals surface area contributed by atoms with E-state index in [1.54, 1.807) is 0 Å². The summed E-state index contributed by atoms with van der Waals surface area (Å²) in [7, 11) is 0. The maximum atomic E-state index is 12.3. The van der Waals surface area contributed by atoms with E-state index < -0.39 is 35.1 Å². The molecular formula is C7HF7. The molecule has 0 amide bonds. The number of allylic oxidation sites excluding steroid dienone is 5. The van der Waals surface area contributed by atoms with Gasteiger partial charge in [-0.3, -0.25) is 0 Å². The Bertz CT molecular complexity index is 351. The highest BCUT2D eigenvalue weighted by Crippen LogP contribution is 2.47. The highest BCUT2D eigenvalue weighted by atomic mass is 19.4. The van der Waals surface area contributed by atoms with E-state index in [1.165, 1.54) is 0 Å². The molecule has 0 saturated heterocycles. The lowest BCUT2D eigenvalue weighted by molar-refractivity contribution is -0.0935. The molecule has 0 heterocycles. The Balaban J connectivity index is 3.13. The molecule has 78 valence electrons. The topological polar surface area (TPSA) is 0 Å². The first-order valence-corrected chi connectivity index (χ1v) is 3.15. The fraction of sp³-hybridized carbons (Fsp3) is 0.143. The van der Waals surface area contributed by atoms with Crippen LogP contribution in [0.15, 0.2) is 35.0 Å². The van der Waals surface area contributed by atoms with E-state index >= 15 is 0 Å². The molecule has 0 spiro atoms. The van der Waals surface area contributed by atoms with Gasteiger partial charge < -0.3 is 0 Å². The minimum absolute atomic E-state index is 0.360. The van der Waals surface area contributed by atoms with Crippen molar-refractivity contribution in [2.75, 3.05) is 0 Å². The van der Waals surface area contributed by atoms with Gasteiger partial charge in [0, 0.05) is 11.6 Å². The van der Waals surface area contributed by atoms with Crippen molar-refractivity contribution < 1.29 is 30.7 Å². The van der Waals surface area contributed by atoms with Gasteiger partial charge in [-0.2, -0.15) is 22.0 Å². The van der Waals surface area contributed by atoms with Crippen LogP contribution in [0, 0.1) is 0 Å². The van der Waals surface area contributed by atoms with Crippen LogP contribution >= 0.6 is 0 Å². The molecule has 7 heteroatoms. The second kappa shape index (κ2) is 3.14. The lowest BCUT2D eigenvalue weighted by atomic mass is 9.94. The van der Waals surface area contributed by atoms with E-state index in [-0.39, 0.29) is 6.08 Å². The van der Waals surface area contributed by atoms with Gasteiger partial charge in [0.25, 0.3) is 6.08 Å². The van der Waals surface area contributed by atoms with Crippen LogP contribution in [0.5, 0.6) is 0 Å². The number of hydrogen-bond acceptors (Lipinski definition) is 0. The Kier molecular flexibility index (Phi) is 2.43. The van der Waals surface area contributed by atoms with Crippen LogP contribution in [-0.4, -0.2) is 6.18 Å². The summed E-state index contributed by atoms with van der Waals surface area (Å²) in [4.78, 5) is 0. The Hall–Kier alpha value is -1.27. The van der Waals surface area contributed by atoms with Crippen LogP contribution < -0.4 is 0 Å². The van der Waals surface area contributed by atoms with Gasteiger partial charge in [-0.1, -0.05) is 0 Å². The maximum absolute atomic E-state index is 12.3. The molecule has 0 aliphatic heterocycles. The van der Waals surface area contributed by atoms with Gasteiger partial charge in [-0.25, -0.2) is 8.78 Å². The molecule has 0 radical (unpaired) electrons. The third kappa shape index (κ3) is 1.66. The summed E-state index contributed by atoms with van der Waals surface area (Å²) in [5, 5.41) is 0. The third-order valence-electron chi connectivity index (χ3n) is 1.45. The lowest BCUT2D eigenvalue weighted by Crippen LogP contribution is -2.21. The van der Waals surface area contributed by atoms with Crippen molar-refractivity contribution in [1.29, 1.82) is 0 Å². The molecule has 0 aromatic rings. The monoisotopic (exact) mass is 218 g/mol. The minimum atomic E-state index is -5.17. The summed E-state index contributed by atoms with van der Waals surface area (Å²) in [5.41, 5.74) is -3.43. The second-order valence-corrected chi connectivity index (χ2v) is 2.35. The second-order valence-electron chi connectivity index (χ2n) is 2.35. The van der Waals surface area contributed by atoms with Crippen LogP contribution in [0.3, 0.4) is 0 Å². The SMILES string of the molecule is FC(F)=CC1=C(C(F)(F)F)C(F)=C1F. The zero-order chi connectivity index (χ0) is 11.1. The largest absolute Gasteiger partial charge is 0.420 e. The van der Waals surface area contributed by atoms with Crippen LogP contribution in [0.1, 0.15) is 0 Å². The molecule has 0 nitrogen and oxygen atoms in total. The van der Waals surface area contributed by atoms with Crippen LogP contribution in [0.25, 0.3) is 0 Å². The highest BCUT2D eigenvalue weighted by molar-refractivity contribution is 5.60. The van der Waals surface area contributed by atoms with Crippen LogP contribution in [0.2, 0.25) is 0 Å². The zero-order valence-corrected chi connectivity index (χ0v) is 6.22. The van der Waals surface area contributed by atoms with E-state index in [2.05, 4.69) is 0 Å². The first-order valence-electron chi connectivity index (χ1n) is 3.15. The predicted molar refractivity (Wildman–Crippen MR) is 32.6 cm³/mol. The molecule has 0 fully saturated rings. The summed E-state index contributed by atoms with van der Waals surface area (Å²) in [6, 6.07) is 0. The van der Waals surface area contributed by atoms with Crippen LogP contribution in [-0.2, 0) is 0 Å².